The Hall–Kier alpha value is -2.78. The molecule has 1 aliphatic carbocycles. The van der Waals surface area contributed by atoms with E-state index in [0.717, 1.165) is 22.9 Å². The van der Waals surface area contributed by atoms with E-state index in [1.165, 1.54) is 22.9 Å². The highest BCUT2D eigenvalue weighted by molar-refractivity contribution is 6.28. The molecule has 4 aromatic rings. The van der Waals surface area contributed by atoms with Gasteiger partial charge in [-0.15, -0.1) is 0 Å². The maximum atomic E-state index is 6.35. The van der Waals surface area contributed by atoms with Crippen LogP contribution in [0.5, 0.6) is 0 Å². The molecule has 31 heavy (non-hydrogen) atoms. The monoisotopic (exact) mass is 427 g/mol. The zero-order valence-corrected chi connectivity index (χ0v) is 19.2. The molecule has 156 valence electrons. The minimum Gasteiger partial charge on any atom is -0.208 e. The lowest BCUT2D eigenvalue weighted by atomic mass is 9.63. The van der Waals surface area contributed by atoms with Gasteiger partial charge in [-0.3, -0.25) is 0 Å². The van der Waals surface area contributed by atoms with Crippen LogP contribution in [-0.4, -0.2) is 15.0 Å². The molecule has 0 amide bonds. The minimum absolute atomic E-state index is 0.124. The molecule has 3 nitrogen and oxygen atoms in total. The second-order valence-electron chi connectivity index (χ2n) is 9.84. The van der Waals surface area contributed by atoms with E-state index in [0.29, 0.717) is 11.6 Å². The molecular weight excluding hydrogens is 402 g/mol. The first-order valence-electron chi connectivity index (χ1n) is 10.8. The molecule has 0 bridgehead atoms. The molecule has 0 radical (unpaired) electrons. The Morgan fingerprint density at radius 1 is 0.645 bits per heavy atom. The van der Waals surface area contributed by atoms with Gasteiger partial charge in [-0.2, -0.15) is 9.97 Å². The Bertz CT molecular complexity index is 1310. The van der Waals surface area contributed by atoms with Crippen molar-refractivity contribution in [1.29, 1.82) is 0 Å². The molecule has 1 heterocycles. The lowest BCUT2D eigenvalue weighted by Crippen LogP contribution is -2.33. The molecule has 0 unspecified atom stereocenters. The zero-order chi connectivity index (χ0) is 21.8. The van der Waals surface area contributed by atoms with Crippen LogP contribution in [0.15, 0.2) is 60.7 Å². The molecule has 0 saturated carbocycles. The molecule has 0 fully saturated rings. The minimum atomic E-state index is 0.124. The number of aromatic nitrogens is 3. The fourth-order valence-electron chi connectivity index (χ4n) is 4.66. The topological polar surface area (TPSA) is 38.7 Å². The van der Waals surface area contributed by atoms with Gasteiger partial charge in [0.1, 0.15) is 0 Å². The second-order valence-corrected chi connectivity index (χ2v) is 10.2. The fraction of sp³-hybridized carbons (Fsp3) is 0.296. The molecule has 1 aliphatic rings. The Labute approximate surface area is 188 Å². The summed E-state index contributed by atoms with van der Waals surface area (Å²) in [6.45, 7) is 9.31. The Balaban J connectivity index is 1.63. The summed E-state index contributed by atoms with van der Waals surface area (Å²) < 4.78 is 0. The number of fused-ring (bicyclic) bond motifs is 2. The molecule has 5 rings (SSSR count). The van der Waals surface area contributed by atoms with E-state index in [1.807, 2.05) is 18.2 Å². The Morgan fingerprint density at radius 2 is 1.23 bits per heavy atom. The fourth-order valence-corrected chi connectivity index (χ4v) is 4.82. The van der Waals surface area contributed by atoms with Gasteiger partial charge in [-0.1, -0.05) is 76.2 Å². The van der Waals surface area contributed by atoms with Crippen LogP contribution < -0.4 is 0 Å². The van der Waals surface area contributed by atoms with E-state index in [-0.39, 0.29) is 16.1 Å². The van der Waals surface area contributed by atoms with Crippen LogP contribution in [0.2, 0.25) is 5.28 Å². The summed E-state index contributed by atoms with van der Waals surface area (Å²) in [5.74, 6) is 1.21. The molecule has 0 N–H and O–H groups in total. The Morgan fingerprint density at radius 3 is 1.94 bits per heavy atom. The first-order valence-corrected chi connectivity index (χ1v) is 11.2. The summed E-state index contributed by atoms with van der Waals surface area (Å²) in [4.78, 5) is 13.7. The molecule has 4 heteroatoms. The summed E-state index contributed by atoms with van der Waals surface area (Å²) >= 11 is 6.35. The highest BCUT2D eigenvalue weighted by Crippen LogP contribution is 2.46. The van der Waals surface area contributed by atoms with Gasteiger partial charge < -0.3 is 0 Å². The lowest BCUT2D eigenvalue weighted by molar-refractivity contribution is 0.332. The molecule has 0 spiro atoms. The van der Waals surface area contributed by atoms with E-state index in [4.69, 9.17) is 16.6 Å². The third-order valence-corrected chi connectivity index (χ3v) is 6.90. The number of hydrogen-bond donors (Lipinski definition) is 0. The van der Waals surface area contributed by atoms with Crippen molar-refractivity contribution in [2.45, 2.75) is 51.4 Å². The highest BCUT2D eigenvalue weighted by atomic mass is 35.5. The van der Waals surface area contributed by atoms with Crippen molar-refractivity contribution in [3.63, 3.8) is 0 Å². The van der Waals surface area contributed by atoms with Gasteiger partial charge in [0.05, 0.1) is 0 Å². The van der Waals surface area contributed by atoms with Crippen molar-refractivity contribution in [3.8, 4) is 22.8 Å². The van der Waals surface area contributed by atoms with Crippen LogP contribution >= 0.6 is 11.6 Å². The van der Waals surface area contributed by atoms with Crippen molar-refractivity contribution < 1.29 is 0 Å². The molecule has 1 aromatic heterocycles. The predicted molar refractivity (Wildman–Crippen MR) is 129 cm³/mol. The summed E-state index contributed by atoms with van der Waals surface area (Å²) in [6, 6.07) is 21.1. The van der Waals surface area contributed by atoms with Crippen LogP contribution in [0.25, 0.3) is 33.5 Å². The number of rotatable bonds is 2. The smallest absolute Gasteiger partial charge is 0.208 e. The zero-order valence-electron chi connectivity index (χ0n) is 18.4. The summed E-state index contributed by atoms with van der Waals surface area (Å²) in [5, 5.41) is 2.55. The third kappa shape index (κ3) is 3.61. The van der Waals surface area contributed by atoms with E-state index >= 15 is 0 Å². The van der Waals surface area contributed by atoms with Gasteiger partial charge >= 0.3 is 0 Å². The lowest BCUT2D eigenvalue weighted by Gasteiger charge is -2.42. The van der Waals surface area contributed by atoms with Crippen LogP contribution in [0, 0.1) is 0 Å². The van der Waals surface area contributed by atoms with Crippen molar-refractivity contribution in [1.82, 2.24) is 15.0 Å². The number of halogens is 1. The van der Waals surface area contributed by atoms with Gasteiger partial charge in [0.25, 0.3) is 0 Å². The largest absolute Gasteiger partial charge is 0.226 e. The number of benzene rings is 3. The first kappa shape index (κ1) is 20.1. The van der Waals surface area contributed by atoms with Crippen LogP contribution in [0.4, 0.5) is 0 Å². The molecule has 0 aliphatic heterocycles. The summed E-state index contributed by atoms with van der Waals surface area (Å²) in [7, 11) is 0. The van der Waals surface area contributed by atoms with Crippen molar-refractivity contribution in [2.24, 2.45) is 0 Å². The average molecular weight is 428 g/mol. The summed E-state index contributed by atoms with van der Waals surface area (Å²) in [5.41, 5.74) is 5.02. The van der Waals surface area contributed by atoms with Crippen LogP contribution in [0.1, 0.15) is 51.7 Å². The number of nitrogens with zero attached hydrogens (tertiary/aromatic N) is 3. The van der Waals surface area contributed by atoms with Gasteiger partial charge in [0.2, 0.25) is 5.28 Å². The van der Waals surface area contributed by atoms with E-state index < -0.39 is 0 Å². The Kier molecular flexibility index (Phi) is 4.63. The normalized spacial score (nSPS) is 16.8. The predicted octanol–water partition coefficient (Wildman–Crippen LogP) is 7.36. The van der Waals surface area contributed by atoms with Gasteiger partial charge in [-0.25, -0.2) is 4.98 Å². The van der Waals surface area contributed by atoms with Crippen LogP contribution in [-0.2, 0) is 10.8 Å². The number of hydrogen-bond acceptors (Lipinski definition) is 3. The quantitative estimate of drug-likeness (QED) is 0.335. The molecule has 0 atom stereocenters. The van der Waals surface area contributed by atoms with E-state index in [1.54, 1.807) is 0 Å². The highest BCUT2D eigenvalue weighted by Gasteiger charge is 2.37. The van der Waals surface area contributed by atoms with Gasteiger partial charge in [0, 0.05) is 11.1 Å². The standard InChI is InChI=1S/C27H26ClN3/c1-26(2)13-14-27(3,4)22-16-20(11-12-21(22)26)24-29-23(30-25(28)31-24)19-10-9-17-7-5-6-8-18(17)15-19/h5-12,15-16H,13-14H2,1-4H3. The van der Waals surface area contributed by atoms with Crippen molar-refractivity contribution in [2.75, 3.05) is 0 Å². The summed E-state index contributed by atoms with van der Waals surface area (Å²) in [6.07, 6.45) is 2.35. The van der Waals surface area contributed by atoms with Crippen molar-refractivity contribution in [3.05, 3.63) is 77.1 Å². The molecule has 0 saturated heterocycles. The maximum absolute atomic E-state index is 6.35. The van der Waals surface area contributed by atoms with Gasteiger partial charge in [-0.05, 0) is 69.3 Å². The third-order valence-electron chi connectivity index (χ3n) is 6.73. The second kappa shape index (κ2) is 7.13. The average Bonchev–Trinajstić information content (AvgIpc) is 2.76. The van der Waals surface area contributed by atoms with Crippen LogP contribution in [0.3, 0.4) is 0 Å². The van der Waals surface area contributed by atoms with E-state index in [9.17, 15) is 0 Å². The first-order chi connectivity index (χ1) is 14.7. The molecular formula is C27H26ClN3. The molecule has 3 aromatic carbocycles. The van der Waals surface area contributed by atoms with Gasteiger partial charge in [0.15, 0.2) is 11.6 Å². The van der Waals surface area contributed by atoms with E-state index in [2.05, 4.69) is 80.1 Å². The SMILES string of the molecule is CC1(C)CCC(C)(C)c2cc(-c3nc(Cl)nc(-c4ccc5ccccc5c4)n3)ccc21. The maximum Gasteiger partial charge on any atom is 0.226 e. The van der Waals surface area contributed by atoms with Crippen molar-refractivity contribution >= 4 is 22.4 Å².